The number of halogens is 1. The molecule has 0 spiro atoms. The van der Waals surface area contributed by atoms with Crippen LogP contribution < -0.4 is 10.1 Å². The first-order valence-electron chi connectivity index (χ1n) is 9.12. The van der Waals surface area contributed by atoms with Gasteiger partial charge in [0.2, 0.25) is 0 Å². The lowest BCUT2D eigenvalue weighted by molar-refractivity contribution is 0.0693. The molecule has 1 N–H and O–H groups in total. The molecule has 2 aromatic carbocycles. The number of nitrogens with zero attached hydrogens (tertiary/aromatic N) is 1. The van der Waals surface area contributed by atoms with Gasteiger partial charge in [0.15, 0.2) is 9.84 Å². The van der Waals surface area contributed by atoms with Crippen LogP contribution in [-0.4, -0.2) is 51.8 Å². The summed E-state index contributed by atoms with van der Waals surface area (Å²) in [5.74, 6) is 0.667. The normalized spacial score (nSPS) is 23.2. The molecular weight excluding hydrogens is 384 g/mol. The Morgan fingerprint density at radius 3 is 2.48 bits per heavy atom. The molecule has 1 saturated heterocycles. The molecule has 144 valence electrons. The first-order valence-corrected chi connectivity index (χ1v) is 11.4. The van der Waals surface area contributed by atoms with E-state index in [4.69, 9.17) is 16.3 Å². The van der Waals surface area contributed by atoms with E-state index in [0.717, 1.165) is 38.2 Å². The largest absolute Gasteiger partial charge is 0.484 e. The van der Waals surface area contributed by atoms with Crippen molar-refractivity contribution in [3.63, 3.8) is 0 Å². The Morgan fingerprint density at radius 2 is 1.81 bits per heavy atom. The fourth-order valence-electron chi connectivity index (χ4n) is 3.94. The zero-order valence-corrected chi connectivity index (χ0v) is 16.8. The third kappa shape index (κ3) is 3.99. The van der Waals surface area contributed by atoms with Gasteiger partial charge in [-0.15, -0.1) is 0 Å². The molecule has 0 radical (unpaired) electrons. The third-order valence-electron chi connectivity index (χ3n) is 5.33. The van der Waals surface area contributed by atoms with Gasteiger partial charge in [0, 0.05) is 37.5 Å². The zero-order chi connectivity index (χ0) is 19.0. The van der Waals surface area contributed by atoms with Gasteiger partial charge in [-0.05, 0) is 53.9 Å². The molecule has 1 fully saturated rings. The second kappa shape index (κ2) is 7.43. The summed E-state index contributed by atoms with van der Waals surface area (Å²) in [6.07, 6.45) is 2.01. The SMILES string of the molecule is CS(=O)(=O)c1ccc(O[C@H]2c3cc(Cl)ccc3C[C@@H]2N2CCNCC2)cc1. The molecule has 0 amide bonds. The van der Waals surface area contributed by atoms with Crippen LogP contribution in [0.4, 0.5) is 0 Å². The quantitative estimate of drug-likeness (QED) is 0.845. The van der Waals surface area contributed by atoms with Crippen molar-refractivity contribution < 1.29 is 13.2 Å². The van der Waals surface area contributed by atoms with E-state index in [9.17, 15) is 8.42 Å². The van der Waals surface area contributed by atoms with Crippen molar-refractivity contribution in [2.24, 2.45) is 0 Å². The summed E-state index contributed by atoms with van der Waals surface area (Å²) in [6, 6.07) is 12.9. The summed E-state index contributed by atoms with van der Waals surface area (Å²) in [6.45, 7) is 3.92. The topological polar surface area (TPSA) is 58.6 Å². The number of benzene rings is 2. The molecule has 2 aliphatic rings. The Morgan fingerprint density at radius 1 is 1.11 bits per heavy atom. The number of nitrogens with one attached hydrogen (secondary N) is 1. The molecule has 0 saturated carbocycles. The van der Waals surface area contributed by atoms with Crippen LogP contribution in [0.3, 0.4) is 0 Å². The van der Waals surface area contributed by atoms with Crippen LogP contribution in [0.1, 0.15) is 17.2 Å². The van der Waals surface area contributed by atoms with E-state index in [1.165, 1.54) is 11.8 Å². The minimum absolute atomic E-state index is 0.124. The van der Waals surface area contributed by atoms with Crippen LogP contribution in [0.5, 0.6) is 5.75 Å². The Bertz CT molecular complexity index is 925. The molecule has 5 nitrogen and oxygen atoms in total. The lowest BCUT2D eigenvalue weighted by Gasteiger charge is -2.36. The molecular formula is C20H23ClN2O3S. The number of fused-ring (bicyclic) bond motifs is 1. The van der Waals surface area contributed by atoms with Crippen LogP contribution in [0, 0.1) is 0 Å². The molecule has 0 bridgehead atoms. The van der Waals surface area contributed by atoms with E-state index in [-0.39, 0.29) is 12.1 Å². The molecule has 7 heteroatoms. The van der Waals surface area contributed by atoms with Gasteiger partial charge in [0.25, 0.3) is 0 Å². The molecule has 2 aromatic rings. The van der Waals surface area contributed by atoms with Gasteiger partial charge >= 0.3 is 0 Å². The fourth-order valence-corrected chi connectivity index (χ4v) is 4.76. The van der Waals surface area contributed by atoms with Gasteiger partial charge in [0.1, 0.15) is 11.9 Å². The van der Waals surface area contributed by atoms with E-state index in [0.29, 0.717) is 15.7 Å². The summed E-state index contributed by atoms with van der Waals surface area (Å²) in [5.41, 5.74) is 2.39. The summed E-state index contributed by atoms with van der Waals surface area (Å²) in [5, 5.41) is 4.10. The van der Waals surface area contributed by atoms with Crippen molar-refractivity contribution in [2.45, 2.75) is 23.5 Å². The van der Waals surface area contributed by atoms with E-state index in [2.05, 4.69) is 16.3 Å². The zero-order valence-electron chi connectivity index (χ0n) is 15.2. The van der Waals surface area contributed by atoms with Crippen molar-refractivity contribution in [2.75, 3.05) is 32.4 Å². The molecule has 1 heterocycles. The average molecular weight is 407 g/mol. The van der Waals surface area contributed by atoms with Crippen LogP contribution in [0.25, 0.3) is 0 Å². The predicted octanol–water partition coefficient (Wildman–Crippen LogP) is 2.69. The highest BCUT2D eigenvalue weighted by molar-refractivity contribution is 7.90. The molecule has 4 rings (SSSR count). The number of piperazine rings is 1. The third-order valence-corrected chi connectivity index (χ3v) is 6.69. The van der Waals surface area contributed by atoms with E-state index >= 15 is 0 Å². The standard InChI is InChI=1S/C20H23ClN2O3S/c1-27(24,25)17-6-4-16(5-7-17)26-20-18-13-15(21)3-2-14(18)12-19(20)23-10-8-22-9-11-23/h2-7,13,19-20,22H,8-12H2,1H3/t19-,20-/m0/s1. The van der Waals surface area contributed by atoms with Crippen molar-refractivity contribution in [1.29, 1.82) is 0 Å². The van der Waals surface area contributed by atoms with Gasteiger partial charge < -0.3 is 10.1 Å². The van der Waals surface area contributed by atoms with Crippen LogP contribution in [0.15, 0.2) is 47.4 Å². The fraction of sp³-hybridized carbons (Fsp3) is 0.400. The lowest BCUT2D eigenvalue weighted by atomic mass is 10.1. The second-order valence-electron chi connectivity index (χ2n) is 7.18. The number of rotatable bonds is 4. The average Bonchev–Trinajstić information content (AvgIpc) is 3.00. The summed E-state index contributed by atoms with van der Waals surface area (Å²) in [4.78, 5) is 2.77. The number of sulfone groups is 1. The van der Waals surface area contributed by atoms with Gasteiger partial charge in [0.05, 0.1) is 10.9 Å². The minimum atomic E-state index is -3.22. The summed E-state index contributed by atoms with van der Waals surface area (Å²) >= 11 is 6.25. The highest BCUT2D eigenvalue weighted by Gasteiger charge is 2.38. The van der Waals surface area contributed by atoms with E-state index < -0.39 is 9.84 Å². The summed E-state index contributed by atoms with van der Waals surface area (Å²) in [7, 11) is -3.22. The molecule has 27 heavy (non-hydrogen) atoms. The van der Waals surface area contributed by atoms with Crippen LogP contribution in [-0.2, 0) is 16.3 Å². The monoisotopic (exact) mass is 406 g/mol. The molecule has 1 aliphatic heterocycles. The Kier molecular flexibility index (Phi) is 5.16. The first-order chi connectivity index (χ1) is 12.9. The van der Waals surface area contributed by atoms with Crippen molar-refractivity contribution in [3.05, 3.63) is 58.6 Å². The number of hydrogen-bond donors (Lipinski definition) is 1. The molecule has 1 aliphatic carbocycles. The minimum Gasteiger partial charge on any atom is -0.484 e. The number of hydrogen-bond acceptors (Lipinski definition) is 5. The van der Waals surface area contributed by atoms with E-state index in [1.807, 2.05) is 12.1 Å². The highest BCUT2D eigenvalue weighted by Crippen LogP contribution is 2.39. The first kappa shape index (κ1) is 18.7. The Labute approximate surface area is 165 Å². The van der Waals surface area contributed by atoms with Crippen molar-refractivity contribution in [1.82, 2.24) is 10.2 Å². The maximum absolute atomic E-state index is 11.7. The Balaban J connectivity index is 1.63. The van der Waals surface area contributed by atoms with Gasteiger partial charge in [-0.1, -0.05) is 17.7 Å². The number of ether oxygens (including phenoxy) is 1. The van der Waals surface area contributed by atoms with Crippen molar-refractivity contribution in [3.8, 4) is 5.75 Å². The molecule has 0 unspecified atom stereocenters. The summed E-state index contributed by atoms with van der Waals surface area (Å²) < 4.78 is 29.7. The van der Waals surface area contributed by atoms with Crippen LogP contribution in [0.2, 0.25) is 5.02 Å². The highest BCUT2D eigenvalue weighted by atomic mass is 35.5. The van der Waals surface area contributed by atoms with Crippen LogP contribution >= 0.6 is 11.6 Å². The Hall–Kier alpha value is -1.60. The predicted molar refractivity (Wildman–Crippen MR) is 106 cm³/mol. The second-order valence-corrected chi connectivity index (χ2v) is 9.63. The van der Waals surface area contributed by atoms with Gasteiger partial charge in [-0.3, -0.25) is 4.90 Å². The smallest absolute Gasteiger partial charge is 0.175 e. The van der Waals surface area contributed by atoms with Gasteiger partial charge in [-0.2, -0.15) is 0 Å². The van der Waals surface area contributed by atoms with E-state index in [1.54, 1.807) is 24.3 Å². The molecule has 2 atom stereocenters. The lowest BCUT2D eigenvalue weighted by Crippen LogP contribution is -2.50. The molecule has 0 aromatic heterocycles. The maximum atomic E-state index is 11.7. The van der Waals surface area contributed by atoms with Gasteiger partial charge in [-0.25, -0.2) is 8.42 Å². The maximum Gasteiger partial charge on any atom is 0.175 e. The van der Waals surface area contributed by atoms with Crippen molar-refractivity contribution >= 4 is 21.4 Å².